The van der Waals surface area contributed by atoms with Gasteiger partial charge < -0.3 is 19.7 Å². The Labute approximate surface area is 146 Å². The highest BCUT2D eigenvalue weighted by Gasteiger charge is 2.32. The molecule has 3 heterocycles. The molecule has 0 aliphatic carbocycles. The fraction of sp³-hybridized carbons (Fsp3) is 0.444. The van der Waals surface area contributed by atoms with E-state index in [2.05, 4.69) is 34.3 Å². The van der Waals surface area contributed by atoms with Crippen molar-refractivity contribution in [1.29, 1.82) is 0 Å². The Hall–Kier alpha value is -2.54. The van der Waals surface area contributed by atoms with E-state index in [1.54, 1.807) is 12.3 Å². The number of nitrogens with one attached hydrogen (secondary N) is 2. The first-order valence-electron chi connectivity index (χ1n) is 8.51. The standard InChI is InChI=1S/C18H22N4O3/c1-18(2)11-12-9-14(20-17(23)13-3-4-19-21-13)15(10-16(12)25-18)22-5-7-24-8-6-22/h3-4,9-10H,5-8,11H2,1-2H3,(H,19,21)(H,20,23). The van der Waals surface area contributed by atoms with Gasteiger partial charge in [-0.2, -0.15) is 5.10 Å². The van der Waals surface area contributed by atoms with Gasteiger partial charge in [0.1, 0.15) is 17.0 Å². The van der Waals surface area contributed by atoms with Crippen molar-refractivity contribution in [1.82, 2.24) is 10.2 Å². The lowest BCUT2D eigenvalue weighted by Gasteiger charge is -2.31. The topological polar surface area (TPSA) is 79.5 Å². The van der Waals surface area contributed by atoms with Gasteiger partial charge in [0.25, 0.3) is 5.91 Å². The number of aromatic nitrogens is 2. The van der Waals surface area contributed by atoms with E-state index in [1.807, 2.05) is 12.1 Å². The molecule has 132 valence electrons. The van der Waals surface area contributed by atoms with Crippen molar-refractivity contribution in [3.8, 4) is 5.75 Å². The van der Waals surface area contributed by atoms with Crippen molar-refractivity contribution in [2.45, 2.75) is 25.9 Å². The summed E-state index contributed by atoms with van der Waals surface area (Å²) in [6.45, 7) is 7.08. The summed E-state index contributed by atoms with van der Waals surface area (Å²) >= 11 is 0. The monoisotopic (exact) mass is 342 g/mol. The number of ether oxygens (including phenoxy) is 2. The van der Waals surface area contributed by atoms with E-state index in [-0.39, 0.29) is 11.5 Å². The Morgan fingerprint density at radius 1 is 1.32 bits per heavy atom. The van der Waals surface area contributed by atoms with Gasteiger partial charge in [0.05, 0.1) is 24.6 Å². The van der Waals surface area contributed by atoms with Gasteiger partial charge in [0.15, 0.2) is 0 Å². The number of hydrogen-bond acceptors (Lipinski definition) is 5. The van der Waals surface area contributed by atoms with Crippen molar-refractivity contribution < 1.29 is 14.3 Å². The van der Waals surface area contributed by atoms with Crippen LogP contribution in [-0.4, -0.2) is 48.0 Å². The van der Waals surface area contributed by atoms with Gasteiger partial charge in [0, 0.05) is 37.3 Å². The minimum absolute atomic E-state index is 0.204. The number of hydrogen-bond donors (Lipinski definition) is 2. The molecule has 1 aromatic carbocycles. The molecule has 4 rings (SSSR count). The van der Waals surface area contributed by atoms with Crippen LogP contribution in [0.4, 0.5) is 11.4 Å². The third-order valence-corrected chi connectivity index (χ3v) is 4.53. The SMILES string of the molecule is CC1(C)Cc2cc(NC(=O)c3ccn[nH]3)c(N3CCOCC3)cc2O1. The van der Waals surface area contributed by atoms with Crippen molar-refractivity contribution in [2.24, 2.45) is 0 Å². The lowest BCUT2D eigenvalue weighted by atomic mass is 10.0. The molecule has 1 aromatic heterocycles. The molecule has 1 fully saturated rings. The van der Waals surface area contributed by atoms with Crippen LogP contribution in [0.25, 0.3) is 0 Å². The molecule has 0 unspecified atom stereocenters. The van der Waals surface area contributed by atoms with Gasteiger partial charge in [-0.1, -0.05) is 0 Å². The zero-order valence-corrected chi connectivity index (χ0v) is 14.5. The molecule has 0 saturated carbocycles. The van der Waals surface area contributed by atoms with Crippen LogP contribution in [0, 0.1) is 0 Å². The van der Waals surface area contributed by atoms with Gasteiger partial charge in [-0.3, -0.25) is 9.89 Å². The molecule has 25 heavy (non-hydrogen) atoms. The zero-order valence-electron chi connectivity index (χ0n) is 14.5. The van der Waals surface area contributed by atoms with Crippen LogP contribution in [-0.2, 0) is 11.2 Å². The molecule has 7 nitrogen and oxygen atoms in total. The van der Waals surface area contributed by atoms with Crippen LogP contribution in [0.2, 0.25) is 0 Å². The maximum absolute atomic E-state index is 12.5. The maximum Gasteiger partial charge on any atom is 0.273 e. The molecule has 7 heteroatoms. The van der Waals surface area contributed by atoms with Crippen LogP contribution < -0.4 is 15.0 Å². The summed E-state index contributed by atoms with van der Waals surface area (Å²) in [5.74, 6) is 0.691. The number of fused-ring (bicyclic) bond motifs is 1. The largest absolute Gasteiger partial charge is 0.487 e. The molecular formula is C18H22N4O3. The van der Waals surface area contributed by atoms with Crippen molar-refractivity contribution in [3.63, 3.8) is 0 Å². The Balaban J connectivity index is 1.69. The predicted octanol–water partition coefficient (Wildman–Crippen LogP) is 2.21. The summed E-state index contributed by atoms with van der Waals surface area (Å²) in [5, 5.41) is 9.56. The van der Waals surface area contributed by atoms with Crippen molar-refractivity contribution in [3.05, 3.63) is 35.7 Å². The quantitative estimate of drug-likeness (QED) is 0.894. The fourth-order valence-electron chi connectivity index (χ4n) is 3.38. The number of H-pyrrole nitrogens is 1. The second kappa shape index (κ2) is 6.07. The summed E-state index contributed by atoms with van der Waals surface area (Å²) in [5.41, 5.74) is 3.08. The molecule has 2 aliphatic rings. The number of morpholine rings is 1. The second-order valence-electron chi connectivity index (χ2n) is 7.04. The number of aromatic amines is 1. The predicted molar refractivity (Wildman–Crippen MR) is 94.4 cm³/mol. The number of nitrogens with zero attached hydrogens (tertiary/aromatic N) is 2. The van der Waals surface area contributed by atoms with Crippen LogP contribution in [0.1, 0.15) is 29.9 Å². The number of amides is 1. The van der Waals surface area contributed by atoms with Crippen LogP contribution in [0.5, 0.6) is 5.75 Å². The third-order valence-electron chi connectivity index (χ3n) is 4.53. The number of carbonyl (C=O) groups excluding carboxylic acids is 1. The van der Waals surface area contributed by atoms with E-state index in [0.29, 0.717) is 18.9 Å². The molecule has 0 spiro atoms. The third kappa shape index (κ3) is 3.19. The van der Waals surface area contributed by atoms with Gasteiger partial charge in [-0.15, -0.1) is 0 Å². The molecule has 0 bridgehead atoms. The molecule has 1 amide bonds. The van der Waals surface area contributed by atoms with Gasteiger partial charge >= 0.3 is 0 Å². The van der Waals surface area contributed by atoms with Crippen molar-refractivity contribution in [2.75, 3.05) is 36.5 Å². The molecule has 0 radical (unpaired) electrons. The normalized spacial score (nSPS) is 18.6. The maximum atomic E-state index is 12.5. The van der Waals surface area contributed by atoms with E-state index in [1.165, 1.54) is 0 Å². The van der Waals surface area contributed by atoms with Gasteiger partial charge in [-0.05, 0) is 26.0 Å². The summed E-state index contributed by atoms with van der Waals surface area (Å²) in [6, 6.07) is 5.73. The minimum Gasteiger partial charge on any atom is -0.487 e. The van der Waals surface area contributed by atoms with E-state index in [9.17, 15) is 4.79 Å². The summed E-state index contributed by atoms with van der Waals surface area (Å²) in [7, 11) is 0. The highest BCUT2D eigenvalue weighted by atomic mass is 16.5. The van der Waals surface area contributed by atoms with E-state index < -0.39 is 0 Å². The number of rotatable bonds is 3. The molecule has 2 aromatic rings. The number of benzene rings is 1. The van der Waals surface area contributed by atoms with Crippen LogP contribution in [0.15, 0.2) is 24.4 Å². The van der Waals surface area contributed by atoms with E-state index >= 15 is 0 Å². The average molecular weight is 342 g/mol. The Morgan fingerprint density at radius 3 is 2.84 bits per heavy atom. The smallest absolute Gasteiger partial charge is 0.273 e. The average Bonchev–Trinajstić information content (AvgIpc) is 3.21. The molecular weight excluding hydrogens is 320 g/mol. The second-order valence-corrected chi connectivity index (χ2v) is 7.04. The minimum atomic E-state index is -0.226. The van der Waals surface area contributed by atoms with Gasteiger partial charge in [-0.25, -0.2) is 0 Å². The first-order valence-corrected chi connectivity index (χ1v) is 8.51. The number of carbonyl (C=O) groups is 1. The Kier molecular flexibility index (Phi) is 3.88. The summed E-state index contributed by atoms with van der Waals surface area (Å²) in [4.78, 5) is 14.7. The Morgan fingerprint density at radius 2 is 2.12 bits per heavy atom. The summed E-state index contributed by atoms with van der Waals surface area (Å²) in [6.07, 6.45) is 2.38. The van der Waals surface area contributed by atoms with Crippen LogP contribution >= 0.6 is 0 Å². The van der Waals surface area contributed by atoms with E-state index in [4.69, 9.17) is 9.47 Å². The summed E-state index contributed by atoms with van der Waals surface area (Å²) < 4.78 is 11.5. The number of anilines is 2. The van der Waals surface area contributed by atoms with Gasteiger partial charge in [0.2, 0.25) is 0 Å². The van der Waals surface area contributed by atoms with E-state index in [0.717, 1.165) is 42.2 Å². The zero-order chi connectivity index (χ0) is 17.4. The lowest BCUT2D eigenvalue weighted by Crippen LogP contribution is -2.36. The fourth-order valence-corrected chi connectivity index (χ4v) is 3.38. The lowest BCUT2D eigenvalue weighted by molar-refractivity contribution is 0.102. The molecule has 0 atom stereocenters. The molecule has 2 N–H and O–H groups in total. The highest BCUT2D eigenvalue weighted by Crippen LogP contribution is 2.41. The van der Waals surface area contributed by atoms with Crippen molar-refractivity contribution >= 4 is 17.3 Å². The highest BCUT2D eigenvalue weighted by molar-refractivity contribution is 6.04. The Bertz CT molecular complexity index is 780. The molecule has 1 saturated heterocycles. The molecule has 2 aliphatic heterocycles. The van der Waals surface area contributed by atoms with Crippen LogP contribution in [0.3, 0.4) is 0 Å². The first kappa shape index (κ1) is 16.0. The first-order chi connectivity index (χ1) is 12.0.